The summed E-state index contributed by atoms with van der Waals surface area (Å²) in [7, 11) is 0. The first kappa shape index (κ1) is 13.0. The number of hydrogen-bond donors (Lipinski definition) is 2. The van der Waals surface area contributed by atoms with Crippen LogP contribution in [0.1, 0.15) is 18.6 Å². The molecule has 3 aromatic rings. The largest absolute Gasteiger partial charge is 0.389 e. The van der Waals surface area contributed by atoms with Gasteiger partial charge in [-0.3, -0.25) is 0 Å². The number of hydrogen-bond acceptors (Lipinski definition) is 5. The summed E-state index contributed by atoms with van der Waals surface area (Å²) in [5.74, 6) is -0.389. The number of nitrogens with zero attached hydrogens (tertiary/aromatic N) is 3. The zero-order valence-corrected chi connectivity index (χ0v) is 11.4. The molecule has 102 valence electrons. The van der Waals surface area contributed by atoms with Gasteiger partial charge in [0.15, 0.2) is 5.65 Å². The number of imidazole rings is 1. The second kappa shape index (κ2) is 5.18. The van der Waals surface area contributed by atoms with Crippen LogP contribution >= 0.6 is 11.8 Å². The highest BCUT2D eigenvalue weighted by molar-refractivity contribution is 7.99. The number of nitrogens with one attached hydrogen (secondary N) is 1. The third kappa shape index (κ3) is 2.25. The zero-order valence-electron chi connectivity index (χ0n) is 10.5. The van der Waals surface area contributed by atoms with Crippen LogP contribution in [0.25, 0.3) is 11.2 Å². The molecular formula is C13H11FN4OS. The molecule has 0 aliphatic carbocycles. The molecule has 7 heteroatoms. The van der Waals surface area contributed by atoms with Gasteiger partial charge in [-0.2, -0.15) is 0 Å². The van der Waals surface area contributed by atoms with Crippen LogP contribution in [0.2, 0.25) is 0 Å². The second-order valence-electron chi connectivity index (χ2n) is 4.22. The van der Waals surface area contributed by atoms with E-state index >= 15 is 0 Å². The predicted octanol–water partition coefficient (Wildman–Crippen LogP) is 2.70. The minimum atomic E-state index is -0.757. The number of aliphatic hydroxyl groups is 1. The third-order valence-corrected chi connectivity index (χ3v) is 3.97. The Balaban J connectivity index is 2.09. The van der Waals surface area contributed by atoms with Crippen molar-refractivity contribution >= 4 is 22.9 Å². The average molecular weight is 290 g/mol. The van der Waals surface area contributed by atoms with Crippen molar-refractivity contribution < 1.29 is 9.50 Å². The van der Waals surface area contributed by atoms with E-state index in [1.807, 2.05) is 0 Å². The summed E-state index contributed by atoms with van der Waals surface area (Å²) in [5, 5.41) is 10.3. The van der Waals surface area contributed by atoms with Gasteiger partial charge < -0.3 is 10.1 Å². The van der Waals surface area contributed by atoms with Crippen LogP contribution in [-0.4, -0.2) is 25.0 Å². The molecular weight excluding hydrogens is 279 g/mol. The number of benzene rings is 1. The number of H-pyrrole nitrogens is 1. The highest BCUT2D eigenvalue weighted by Crippen LogP contribution is 2.36. The van der Waals surface area contributed by atoms with E-state index in [-0.39, 0.29) is 5.82 Å². The highest BCUT2D eigenvalue weighted by atomic mass is 32.2. The van der Waals surface area contributed by atoms with Crippen molar-refractivity contribution in [2.45, 2.75) is 22.9 Å². The van der Waals surface area contributed by atoms with E-state index in [4.69, 9.17) is 0 Å². The number of aromatic nitrogens is 4. The lowest BCUT2D eigenvalue weighted by molar-refractivity contribution is 0.195. The average Bonchev–Trinajstić information content (AvgIpc) is 2.90. The Morgan fingerprint density at radius 2 is 2.15 bits per heavy atom. The Hall–Kier alpha value is -1.99. The molecule has 5 nitrogen and oxygen atoms in total. The number of fused-ring (bicyclic) bond motifs is 1. The number of aliphatic hydroxyl groups excluding tert-OH is 1. The van der Waals surface area contributed by atoms with E-state index in [0.717, 1.165) is 11.8 Å². The quantitative estimate of drug-likeness (QED) is 0.725. The van der Waals surface area contributed by atoms with E-state index in [1.165, 1.54) is 18.7 Å². The van der Waals surface area contributed by atoms with Crippen molar-refractivity contribution in [2.75, 3.05) is 0 Å². The van der Waals surface area contributed by atoms with Crippen LogP contribution in [0.15, 0.2) is 40.8 Å². The topological polar surface area (TPSA) is 74.7 Å². The Labute approximate surface area is 118 Å². The van der Waals surface area contributed by atoms with Gasteiger partial charge in [0.2, 0.25) is 0 Å². The molecule has 0 aliphatic heterocycles. The third-order valence-electron chi connectivity index (χ3n) is 2.83. The van der Waals surface area contributed by atoms with Gasteiger partial charge in [0, 0.05) is 0 Å². The summed E-state index contributed by atoms with van der Waals surface area (Å²) < 4.78 is 14.0. The molecule has 0 saturated heterocycles. The minimum absolute atomic E-state index is 0.358. The van der Waals surface area contributed by atoms with Crippen molar-refractivity contribution in [1.29, 1.82) is 0 Å². The molecule has 0 saturated carbocycles. The molecule has 0 unspecified atom stereocenters. The summed E-state index contributed by atoms with van der Waals surface area (Å²) in [5.41, 5.74) is 1.70. The van der Waals surface area contributed by atoms with E-state index in [0.29, 0.717) is 26.6 Å². The summed E-state index contributed by atoms with van der Waals surface area (Å²) in [6, 6.07) is 4.63. The summed E-state index contributed by atoms with van der Waals surface area (Å²) >= 11 is 1.15. The Morgan fingerprint density at radius 1 is 1.30 bits per heavy atom. The number of aromatic amines is 1. The van der Waals surface area contributed by atoms with Gasteiger partial charge in [0.1, 0.15) is 22.7 Å². The van der Waals surface area contributed by atoms with Gasteiger partial charge in [0.05, 0.1) is 17.3 Å². The predicted molar refractivity (Wildman–Crippen MR) is 72.8 cm³/mol. The van der Waals surface area contributed by atoms with Crippen molar-refractivity contribution in [3.05, 3.63) is 42.2 Å². The summed E-state index contributed by atoms with van der Waals surface area (Å²) in [6.07, 6.45) is 2.14. The first-order chi connectivity index (χ1) is 9.66. The fraction of sp³-hybridized carbons (Fsp3) is 0.154. The normalized spacial score (nSPS) is 12.8. The first-order valence-corrected chi connectivity index (χ1v) is 6.77. The molecule has 2 aromatic heterocycles. The van der Waals surface area contributed by atoms with Crippen LogP contribution in [0, 0.1) is 5.82 Å². The van der Waals surface area contributed by atoms with Gasteiger partial charge >= 0.3 is 0 Å². The van der Waals surface area contributed by atoms with Crippen molar-refractivity contribution in [2.24, 2.45) is 0 Å². The molecule has 1 atom stereocenters. The van der Waals surface area contributed by atoms with E-state index in [9.17, 15) is 9.50 Å². The van der Waals surface area contributed by atoms with Crippen LogP contribution < -0.4 is 0 Å². The number of rotatable bonds is 3. The maximum absolute atomic E-state index is 14.0. The van der Waals surface area contributed by atoms with Gasteiger partial charge in [-0.05, 0) is 18.6 Å². The van der Waals surface area contributed by atoms with Crippen LogP contribution in [0.5, 0.6) is 0 Å². The molecule has 2 heterocycles. The molecule has 1 aromatic carbocycles. The van der Waals surface area contributed by atoms with Crippen molar-refractivity contribution in [3.63, 3.8) is 0 Å². The fourth-order valence-corrected chi connectivity index (χ4v) is 2.95. The fourth-order valence-electron chi connectivity index (χ4n) is 1.88. The van der Waals surface area contributed by atoms with Gasteiger partial charge in [-0.25, -0.2) is 19.3 Å². The van der Waals surface area contributed by atoms with Crippen LogP contribution in [0.3, 0.4) is 0 Å². The van der Waals surface area contributed by atoms with Crippen LogP contribution in [0.4, 0.5) is 4.39 Å². The second-order valence-corrected chi connectivity index (χ2v) is 5.22. The lowest BCUT2D eigenvalue weighted by Crippen LogP contribution is -1.97. The molecule has 0 spiro atoms. The molecule has 0 fully saturated rings. The number of halogens is 1. The Bertz CT molecular complexity index is 759. The summed E-state index contributed by atoms with van der Waals surface area (Å²) in [4.78, 5) is 15.5. The van der Waals surface area contributed by atoms with E-state index in [2.05, 4.69) is 19.9 Å². The Morgan fingerprint density at radius 3 is 2.95 bits per heavy atom. The lowest BCUT2D eigenvalue weighted by Gasteiger charge is -2.12. The van der Waals surface area contributed by atoms with Crippen molar-refractivity contribution in [3.8, 4) is 0 Å². The molecule has 0 amide bonds. The first-order valence-electron chi connectivity index (χ1n) is 5.95. The van der Waals surface area contributed by atoms with Gasteiger partial charge in [-0.1, -0.05) is 23.9 Å². The van der Waals surface area contributed by atoms with E-state index < -0.39 is 6.10 Å². The Kier molecular flexibility index (Phi) is 3.37. The summed E-state index contributed by atoms with van der Waals surface area (Å²) in [6.45, 7) is 1.60. The van der Waals surface area contributed by atoms with Crippen molar-refractivity contribution in [1.82, 2.24) is 19.9 Å². The minimum Gasteiger partial charge on any atom is -0.389 e. The SMILES string of the molecule is C[C@H](O)c1cccc(F)c1Sc1ncnc2nc[nH]c12. The standard InChI is InChI=1S/C13H11FN4OS/c1-7(19)8-3-2-4-9(14)11(8)20-13-10-12(16-5-15-10)17-6-18-13/h2-7,19H,1H3,(H,15,16,17,18)/t7-/m0/s1. The van der Waals surface area contributed by atoms with E-state index in [1.54, 1.807) is 19.1 Å². The molecule has 0 aliphatic rings. The van der Waals surface area contributed by atoms with Gasteiger partial charge in [0.25, 0.3) is 0 Å². The lowest BCUT2D eigenvalue weighted by atomic mass is 10.1. The molecule has 0 bridgehead atoms. The molecule has 2 N–H and O–H groups in total. The molecule has 3 rings (SSSR count). The molecule has 20 heavy (non-hydrogen) atoms. The maximum atomic E-state index is 14.0. The zero-order chi connectivity index (χ0) is 14.1. The monoisotopic (exact) mass is 290 g/mol. The maximum Gasteiger partial charge on any atom is 0.181 e. The smallest absolute Gasteiger partial charge is 0.181 e. The highest BCUT2D eigenvalue weighted by Gasteiger charge is 2.16. The van der Waals surface area contributed by atoms with Crippen LogP contribution in [-0.2, 0) is 0 Å². The molecule has 0 radical (unpaired) electrons. The van der Waals surface area contributed by atoms with Gasteiger partial charge in [-0.15, -0.1) is 0 Å².